The van der Waals surface area contributed by atoms with Gasteiger partial charge in [0, 0.05) is 5.54 Å². The molecule has 102 valence electrons. The molecule has 1 fully saturated rings. The number of aryl methyl sites for hydroxylation is 1. The number of aromatic nitrogens is 2. The molecule has 1 aliphatic carbocycles. The van der Waals surface area contributed by atoms with E-state index in [9.17, 15) is 0 Å². The van der Waals surface area contributed by atoms with Gasteiger partial charge in [0.2, 0.25) is 0 Å². The molecule has 0 saturated heterocycles. The van der Waals surface area contributed by atoms with Gasteiger partial charge in [-0.25, -0.2) is 4.98 Å². The predicted octanol–water partition coefficient (Wildman–Crippen LogP) is 4.79. The van der Waals surface area contributed by atoms with Crippen molar-refractivity contribution in [1.29, 1.82) is 0 Å². The lowest BCUT2D eigenvalue weighted by atomic mass is 9.97. The molecule has 0 amide bonds. The van der Waals surface area contributed by atoms with Gasteiger partial charge in [0.05, 0.1) is 16.4 Å². The van der Waals surface area contributed by atoms with Crippen LogP contribution in [0.4, 0.5) is 0 Å². The molecule has 1 aromatic heterocycles. The Balaban J connectivity index is 2.29. The largest absolute Gasteiger partial charge is 0.321 e. The van der Waals surface area contributed by atoms with Crippen molar-refractivity contribution in [2.24, 2.45) is 5.92 Å². The number of benzene rings is 1. The summed E-state index contributed by atoms with van der Waals surface area (Å²) in [5.74, 6) is 1.75. The number of alkyl halides is 1. The van der Waals surface area contributed by atoms with Crippen molar-refractivity contribution in [1.82, 2.24) is 9.55 Å². The van der Waals surface area contributed by atoms with E-state index in [-0.39, 0.29) is 10.9 Å². The van der Waals surface area contributed by atoms with Crippen LogP contribution in [0.1, 0.15) is 50.4 Å². The molecule has 0 radical (unpaired) electrons. The highest BCUT2D eigenvalue weighted by molar-refractivity contribution is 6.20. The summed E-state index contributed by atoms with van der Waals surface area (Å²) in [7, 11) is 0. The molecular weight excluding hydrogens is 256 g/mol. The molecule has 1 saturated carbocycles. The van der Waals surface area contributed by atoms with Crippen molar-refractivity contribution in [3.8, 4) is 0 Å². The molecule has 1 atom stereocenters. The third-order valence-electron chi connectivity index (χ3n) is 4.34. The Morgan fingerprint density at radius 1 is 1.37 bits per heavy atom. The van der Waals surface area contributed by atoms with Crippen molar-refractivity contribution >= 4 is 22.6 Å². The van der Waals surface area contributed by atoms with Crippen molar-refractivity contribution in [2.45, 2.75) is 51.5 Å². The van der Waals surface area contributed by atoms with E-state index in [1.165, 1.54) is 23.9 Å². The van der Waals surface area contributed by atoms with Crippen molar-refractivity contribution < 1.29 is 0 Å². The van der Waals surface area contributed by atoms with Gasteiger partial charge in [-0.3, -0.25) is 0 Å². The first kappa shape index (κ1) is 13.0. The fraction of sp³-hybridized carbons (Fsp3) is 0.562. The smallest absolute Gasteiger partial charge is 0.128 e. The standard InChI is InChI=1S/C16H21ClN2/c1-10-5-8-13-14(9-10)19(15(18-13)11(2)17)16(3,4)12-6-7-12/h5,8-9,11-12H,6-7H2,1-4H3. The molecule has 3 rings (SSSR count). The highest BCUT2D eigenvalue weighted by Crippen LogP contribution is 2.46. The van der Waals surface area contributed by atoms with Crippen LogP contribution in [-0.2, 0) is 5.54 Å². The van der Waals surface area contributed by atoms with Crippen LogP contribution in [-0.4, -0.2) is 9.55 Å². The summed E-state index contributed by atoms with van der Waals surface area (Å²) in [6.45, 7) is 8.77. The average molecular weight is 277 g/mol. The lowest BCUT2D eigenvalue weighted by Gasteiger charge is -2.30. The van der Waals surface area contributed by atoms with E-state index >= 15 is 0 Å². The van der Waals surface area contributed by atoms with Gasteiger partial charge in [0.1, 0.15) is 5.82 Å². The third-order valence-corrected chi connectivity index (χ3v) is 4.54. The maximum atomic E-state index is 6.37. The lowest BCUT2D eigenvalue weighted by molar-refractivity contribution is 0.304. The number of nitrogens with zero attached hydrogens (tertiary/aromatic N) is 2. The molecule has 1 unspecified atom stereocenters. The van der Waals surface area contributed by atoms with Gasteiger partial charge < -0.3 is 4.57 Å². The second-order valence-corrected chi connectivity index (χ2v) is 7.00. The fourth-order valence-corrected chi connectivity index (χ4v) is 3.20. The zero-order chi connectivity index (χ0) is 13.8. The van der Waals surface area contributed by atoms with Gasteiger partial charge >= 0.3 is 0 Å². The normalized spacial score (nSPS) is 17.9. The molecule has 2 aromatic rings. The molecule has 1 aromatic carbocycles. The van der Waals surface area contributed by atoms with Crippen LogP contribution in [0, 0.1) is 12.8 Å². The third kappa shape index (κ3) is 2.06. The lowest BCUT2D eigenvalue weighted by Crippen LogP contribution is -2.30. The van der Waals surface area contributed by atoms with Crippen molar-refractivity contribution in [3.63, 3.8) is 0 Å². The van der Waals surface area contributed by atoms with Gasteiger partial charge in [0.25, 0.3) is 0 Å². The summed E-state index contributed by atoms with van der Waals surface area (Å²) in [5.41, 5.74) is 3.65. The van der Waals surface area contributed by atoms with Gasteiger partial charge in [-0.05, 0) is 64.2 Å². The molecule has 0 aliphatic heterocycles. The quantitative estimate of drug-likeness (QED) is 0.737. The summed E-state index contributed by atoms with van der Waals surface area (Å²) in [4.78, 5) is 4.76. The summed E-state index contributed by atoms with van der Waals surface area (Å²) in [5, 5.41) is -0.0641. The van der Waals surface area contributed by atoms with E-state index in [4.69, 9.17) is 16.6 Å². The van der Waals surface area contributed by atoms with E-state index in [0.29, 0.717) is 0 Å². The van der Waals surface area contributed by atoms with Crippen LogP contribution < -0.4 is 0 Å². The summed E-state index contributed by atoms with van der Waals surface area (Å²) >= 11 is 6.37. The van der Waals surface area contributed by atoms with Crippen LogP contribution in [0.15, 0.2) is 18.2 Å². The maximum Gasteiger partial charge on any atom is 0.128 e. The average Bonchev–Trinajstić information content (AvgIpc) is 3.10. The van der Waals surface area contributed by atoms with E-state index in [0.717, 1.165) is 17.3 Å². The molecule has 1 aliphatic rings. The topological polar surface area (TPSA) is 17.8 Å². The van der Waals surface area contributed by atoms with Gasteiger partial charge in [-0.1, -0.05) is 6.07 Å². The van der Waals surface area contributed by atoms with E-state index < -0.39 is 0 Å². The molecular formula is C16H21ClN2. The Hall–Kier alpha value is -1.02. The van der Waals surface area contributed by atoms with Crippen LogP contribution >= 0.6 is 11.6 Å². The second-order valence-electron chi connectivity index (χ2n) is 6.34. The number of halogens is 1. The first-order valence-corrected chi connectivity index (χ1v) is 7.48. The Labute approximate surface area is 119 Å². The van der Waals surface area contributed by atoms with Crippen LogP contribution in [0.3, 0.4) is 0 Å². The van der Waals surface area contributed by atoms with Crippen LogP contribution in [0.5, 0.6) is 0 Å². The molecule has 0 bridgehead atoms. The molecule has 3 heteroatoms. The van der Waals surface area contributed by atoms with Crippen molar-refractivity contribution in [2.75, 3.05) is 0 Å². The second kappa shape index (κ2) is 4.24. The van der Waals surface area contributed by atoms with Gasteiger partial charge in [-0.2, -0.15) is 0 Å². The van der Waals surface area contributed by atoms with Crippen LogP contribution in [0.25, 0.3) is 11.0 Å². The SMILES string of the molecule is Cc1ccc2nc(C(C)Cl)n(C(C)(C)C3CC3)c2c1. The number of fused-ring (bicyclic) bond motifs is 1. The molecule has 1 heterocycles. The number of hydrogen-bond donors (Lipinski definition) is 0. The Morgan fingerprint density at radius 2 is 2.05 bits per heavy atom. The summed E-state index contributed by atoms with van der Waals surface area (Å²) < 4.78 is 2.38. The Bertz CT molecular complexity index is 621. The Morgan fingerprint density at radius 3 is 2.63 bits per heavy atom. The van der Waals surface area contributed by atoms with Gasteiger partial charge in [0.15, 0.2) is 0 Å². The minimum atomic E-state index is -0.0641. The predicted molar refractivity (Wildman–Crippen MR) is 80.8 cm³/mol. The first-order chi connectivity index (χ1) is 8.91. The minimum Gasteiger partial charge on any atom is -0.321 e. The highest BCUT2D eigenvalue weighted by Gasteiger charge is 2.41. The molecule has 0 N–H and O–H groups in total. The van der Waals surface area contributed by atoms with E-state index in [1.54, 1.807) is 0 Å². The number of imidazole rings is 1. The molecule has 0 spiro atoms. The fourth-order valence-electron chi connectivity index (χ4n) is 3.05. The van der Waals surface area contributed by atoms with E-state index in [2.05, 4.69) is 43.5 Å². The summed E-state index contributed by atoms with van der Waals surface area (Å²) in [6, 6.07) is 6.45. The van der Waals surface area contributed by atoms with E-state index in [1.807, 2.05) is 6.92 Å². The maximum absolute atomic E-state index is 6.37. The molecule has 2 nitrogen and oxygen atoms in total. The zero-order valence-corrected chi connectivity index (χ0v) is 12.8. The number of rotatable bonds is 3. The van der Waals surface area contributed by atoms with Crippen LogP contribution in [0.2, 0.25) is 0 Å². The monoisotopic (exact) mass is 276 g/mol. The number of hydrogen-bond acceptors (Lipinski definition) is 1. The first-order valence-electron chi connectivity index (χ1n) is 7.05. The summed E-state index contributed by atoms with van der Waals surface area (Å²) in [6.07, 6.45) is 2.63. The van der Waals surface area contributed by atoms with Crippen molar-refractivity contribution in [3.05, 3.63) is 29.6 Å². The van der Waals surface area contributed by atoms with Gasteiger partial charge in [-0.15, -0.1) is 11.6 Å². The zero-order valence-electron chi connectivity index (χ0n) is 12.1. The highest BCUT2D eigenvalue weighted by atomic mass is 35.5. The molecule has 19 heavy (non-hydrogen) atoms. The minimum absolute atomic E-state index is 0.0641. The Kier molecular flexibility index (Phi) is 2.90.